The number of nitrogens with zero attached hydrogens (tertiary/aromatic N) is 1. The molecule has 1 rings (SSSR count). The number of urea groups is 1. The Kier molecular flexibility index (Phi) is 1.89. The highest BCUT2D eigenvalue weighted by Crippen LogP contribution is 1.98. The second kappa shape index (κ2) is 2.68. The SMILES string of the molecule is [CH2]CCN1C(=O)CNC1=O. The Hall–Kier alpha value is -1.06. The van der Waals surface area contributed by atoms with Gasteiger partial charge in [-0.15, -0.1) is 0 Å². The van der Waals surface area contributed by atoms with Crippen LogP contribution in [0.1, 0.15) is 6.42 Å². The summed E-state index contributed by atoms with van der Waals surface area (Å²) in [5, 5.41) is 2.41. The van der Waals surface area contributed by atoms with Crippen LogP contribution >= 0.6 is 0 Å². The molecule has 0 aromatic rings. The zero-order chi connectivity index (χ0) is 7.56. The smallest absolute Gasteiger partial charge is 0.324 e. The summed E-state index contributed by atoms with van der Waals surface area (Å²) in [5.41, 5.74) is 0. The van der Waals surface area contributed by atoms with Gasteiger partial charge in [0.15, 0.2) is 0 Å². The number of hydrogen-bond donors (Lipinski definition) is 1. The molecule has 0 spiro atoms. The summed E-state index contributed by atoms with van der Waals surface area (Å²) in [7, 11) is 0. The van der Waals surface area contributed by atoms with Crippen molar-refractivity contribution in [2.45, 2.75) is 6.42 Å². The molecule has 1 aliphatic heterocycles. The lowest BCUT2D eigenvalue weighted by Gasteiger charge is -2.08. The molecule has 4 heteroatoms. The summed E-state index contributed by atoms with van der Waals surface area (Å²) in [4.78, 5) is 22.7. The molecule has 3 amide bonds. The standard InChI is InChI=1S/C6H9N2O2/c1-2-3-8-5(9)4-7-6(8)10/h1-4H2,(H,7,10). The van der Waals surface area contributed by atoms with Gasteiger partial charge < -0.3 is 5.32 Å². The van der Waals surface area contributed by atoms with Crippen LogP contribution in [-0.2, 0) is 4.79 Å². The third kappa shape index (κ3) is 1.10. The fourth-order valence-electron chi connectivity index (χ4n) is 0.840. The van der Waals surface area contributed by atoms with Gasteiger partial charge in [-0.1, -0.05) is 6.92 Å². The molecule has 0 aromatic heterocycles. The predicted octanol–water partition coefficient (Wildman–Crippen LogP) is -0.238. The molecule has 0 aliphatic carbocycles. The number of carbonyl (C=O) groups is 2. The molecule has 1 radical (unpaired) electrons. The van der Waals surface area contributed by atoms with Crippen molar-refractivity contribution in [1.82, 2.24) is 10.2 Å². The number of amides is 3. The summed E-state index contributed by atoms with van der Waals surface area (Å²) < 4.78 is 0. The fourth-order valence-corrected chi connectivity index (χ4v) is 0.840. The maximum atomic E-state index is 10.8. The molecule has 0 unspecified atom stereocenters. The van der Waals surface area contributed by atoms with E-state index in [0.717, 1.165) is 0 Å². The number of rotatable bonds is 2. The van der Waals surface area contributed by atoms with Crippen LogP contribution in [0.3, 0.4) is 0 Å². The van der Waals surface area contributed by atoms with E-state index >= 15 is 0 Å². The molecule has 1 saturated heterocycles. The van der Waals surface area contributed by atoms with Crippen molar-refractivity contribution in [3.05, 3.63) is 6.92 Å². The number of nitrogens with one attached hydrogen (secondary N) is 1. The normalized spacial score (nSPS) is 17.9. The molecule has 1 heterocycles. The summed E-state index contributed by atoms with van der Waals surface area (Å²) >= 11 is 0. The predicted molar refractivity (Wildman–Crippen MR) is 35.1 cm³/mol. The monoisotopic (exact) mass is 141 g/mol. The van der Waals surface area contributed by atoms with E-state index in [9.17, 15) is 9.59 Å². The van der Waals surface area contributed by atoms with E-state index in [1.807, 2.05) is 0 Å². The maximum absolute atomic E-state index is 10.8. The van der Waals surface area contributed by atoms with Gasteiger partial charge in [-0.2, -0.15) is 0 Å². The summed E-state index contributed by atoms with van der Waals surface area (Å²) in [6, 6.07) is -0.298. The minimum Gasteiger partial charge on any atom is -0.329 e. The molecule has 1 fully saturated rings. The van der Waals surface area contributed by atoms with E-state index in [1.54, 1.807) is 0 Å². The van der Waals surface area contributed by atoms with Crippen LogP contribution in [0.5, 0.6) is 0 Å². The number of imide groups is 1. The van der Waals surface area contributed by atoms with Gasteiger partial charge in [0.05, 0.1) is 6.54 Å². The largest absolute Gasteiger partial charge is 0.329 e. The molecular weight excluding hydrogens is 132 g/mol. The van der Waals surface area contributed by atoms with Crippen LogP contribution in [0.2, 0.25) is 0 Å². The van der Waals surface area contributed by atoms with Crippen molar-refractivity contribution in [3.8, 4) is 0 Å². The Labute approximate surface area is 59.2 Å². The van der Waals surface area contributed by atoms with Crippen molar-refractivity contribution < 1.29 is 9.59 Å². The van der Waals surface area contributed by atoms with Gasteiger partial charge in [-0.3, -0.25) is 9.69 Å². The lowest BCUT2D eigenvalue weighted by atomic mass is 10.4. The van der Waals surface area contributed by atoms with Gasteiger partial charge in [0.25, 0.3) is 0 Å². The highest BCUT2D eigenvalue weighted by atomic mass is 16.2. The van der Waals surface area contributed by atoms with Crippen molar-refractivity contribution in [3.63, 3.8) is 0 Å². The van der Waals surface area contributed by atoms with Crippen molar-refractivity contribution in [2.24, 2.45) is 0 Å². The molecule has 0 bridgehead atoms. The van der Waals surface area contributed by atoms with Gasteiger partial charge in [0, 0.05) is 6.54 Å². The molecule has 10 heavy (non-hydrogen) atoms. The lowest BCUT2D eigenvalue weighted by molar-refractivity contribution is -0.124. The lowest BCUT2D eigenvalue weighted by Crippen LogP contribution is -2.31. The first kappa shape index (κ1) is 7.05. The van der Waals surface area contributed by atoms with Gasteiger partial charge >= 0.3 is 6.03 Å². The van der Waals surface area contributed by atoms with Crippen molar-refractivity contribution >= 4 is 11.9 Å². The zero-order valence-electron chi connectivity index (χ0n) is 5.59. The third-order valence-corrected chi connectivity index (χ3v) is 1.32. The minimum atomic E-state index is -0.298. The van der Waals surface area contributed by atoms with E-state index < -0.39 is 0 Å². The molecule has 55 valence electrons. The molecule has 0 aromatic carbocycles. The Balaban J connectivity index is 2.54. The van der Waals surface area contributed by atoms with Crippen LogP contribution in [0.4, 0.5) is 4.79 Å². The first-order valence-corrected chi connectivity index (χ1v) is 3.13. The molecular formula is C6H9N2O2. The minimum absolute atomic E-state index is 0.138. The summed E-state index contributed by atoms with van der Waals surface area (Å²) in [6.45, 7) is 4.10. The van der Waals surface area contributed by atoms with Crippen molar-refractivity contribution in [1.29, 1.82) is 0 Å². The van der Waals surface area contributed by atoms with E-state index in [-0.39, 0.29) is 18.5 Å². The Bertz CT molecular complexity index is 151. The molecule has 0 saturated carbocycles. The molecule has 0 atom stereocenters. The van der Waals surface area contributed by atoms with Crippen LogP contribution in [-0.4, -0.2) is 29.9 Å². The highest BCUT2D eigenvalue weighted by Gasteiger charge is 2.26. The second-order valence-electron chi connectivity index (χ2n) is 2.06. The highest BCUT2D eigenvalue weighted by molar-refractivity contribution is 6.01. The van der Waals surface area contributed by atoms with Gasteiger partial charge in [0.1, 0.15) is 0 Å². The Morgan fingerprint density at radius 1 is 1.60 bits per heavy atom. The average molecular weight is 141 g/mol. The van der Waals surface area contributed by atoms with Gasteiger partial charge in [-0.05, 0) is 6.42 Å². The van der Waals surface area contributed by atoms with Crippen LogP contribution in [0.25, 0.3) is 0 Å². The topological polar surface area (TPSA) is 49.4 Å². The van der Waals surface area contributed by atoms with Gasteiger partial charge in [-0.25, -0.2) is 4.79 Å². The number of hydrogen-bond acceptors (Lipinski definition) is 2. The average Bonchev–Trinajstić information content (AvgIpc) is 2.20. The Morgan fingerprint density at radius 3 is 2.70 bits per heavy atom. The van der Waals surface area contributed by atoms with E-state index in [0.29, 0.717) is 13.0 Å². The first-order valence-electron chi connectivity index (χ1n) is 3.13. The maximum Gasteiger partial charge on any atom is 0.324 e. The van der Waals surface area contributed by atoms with Gasteiger partial charge in [0.2, 0.25) is 5.91 Å². The second-order valence-corrected chi connectivity index (χ2v) is 2.06. The molecule has 1 N–H and O–H groups in total. The molecule has 1 aliphatic rings. The first-order chi connectivity index (χ1) is 4.75. The molecule has 4 nitrogen and oxygen atoms in total. The van der Waals surface area contributed by atoms with Crippen molar-refractivity contribution in [2.75, 3.05) is 13.1 Å². The quantitative estimate of drug-likeness (QED) is 0.540. The summed E-state index contributed by atoms with van der Waals surface area (Å²) in [6.07, 6.45) is 0.569. The van der Waals surface area contributed by atoms with Crippen LogP contribution in [0.15, 0.2) is 0 Å². The van der Waals surface area contributed by atoms with E-state index in [1.165, 1.54) is 4.90 Å². The van der Waals surface area contributed by atoms with E-state index in [2.05, 4.69) is 12.2 Å². The Morgan fingerprint density at radius 2 is 2.30 bits per heavy atom. The fraction of sp³-hybridized carbons (Fsp3) is 0.500. The van der Waals surface area contributed by atoms with E-state index in [4.69, 9.17) is 0 Å². The van der Waals surface area contributed by atoms with Crippen LogP contribution in [0, 0.1) is 6.92 Å². The zero-order valence-corrected chi connectivity index (χ0v) is 5.59. The number of carbonyl (C=O) groups excluding carboxylic acids is 2. The summed E-state index contributed by atoms with van der Waals surface area (Å²) in [5.74, 6) is -0.159. The van der Waals surface area contributed by atoms with Crippen LogP contribution < -0.4 is 5.32 Å². The third-order valence-electron chi connectivity index (χ3n) is 1.32.